The third kappa shape index (κ3) is 9.47. The SMILES string of the molecule is CCN(CC)CCCNC(=O)C(=O)NCCC(C)C. The molecule has 0 fully saturated rings. The Morgan fingerprint density at radius 2 is 1.53 bits per heavy atom. The van der Waals surface area contributed by atoms with E-state index in [0.29, 0.717) is 19.0 Å². The molecule has 19 heavy (non-hydrogen) atoms. The second kappa shape index (κ2) is 10.8. The van der Waals surface area contributed by atoms with Gasteiger partial charge in [-0.05, 0) is 38.4 Å². The van der Waals surface area contributed by atoms with Crippen LogP contribution in [-0.4, -0.2) is 49.4 Å². The Morgan fingerprint density at radius 3 is 2.00 bits per heavy atom. The highest BCUT2D eigenvalue weighted by Crippen LogP contribution is 1.96. The monoisotopic (exact) mass is 271 g/mol. The Labute approximate surface area is 117 Å². The number of nitrogens with one attached hydrogen (secondary N) is 2. The van der Waals surface area contributed by atoms with E-state index in [9.17, 15) is 9.59 Å². The molecule has 0 aliphatic heterocycles. The minimum Gasteiger partial charge on any atom is -0.348 e. The average Bonchev–Trinajstić information content (AvgIpc) is 2.38. The number of hydrogen-bond donors (Lipinski definition) is 2. The first-order chi connectivity index (χ1) is 9.01. The normalized spacial score (nSPS) is 10.8. The van der Waals surface area contributed by atoms with Gasteiger partial charge in [0.15, 0.2) is 0 Å². The van der Waals surface area contributed by atoms with E-state index in [0.717, 1.165) is 32.5 Å². The maximum atomic E-state index is 11.5. The number of carbonyl (C=O) groups excluding carboxylic acids is 2. The molecule has 0 atom stereocenters. The average molecular weight is 271 g/mol. The van der Waals surface area contributed by atoms with Gasteiger partial charge in [0, 0.05) is 13.1 Å². The van der Waals surface area contributed by atoms with Gasteiger partial charge in [-0.3, -0.25) is 9.59 Å². The number of nitrogens with zero attached hydrogens (tertiary/aromatic N) is 1. The van der Waals surface area contributed by atoms with Crippen LogP contribution in [0.1, 0.15) is 40.5 Å². The molecule has 0 aromatic carbocycles. The summed E-state index contributed by atoms with van der Waals surface area (Å²) in [5.74, 6) is -0.524. The molecule has 0 aliphatic carbocycles. The third-order valence-electron chi connectivity index (χ3n) is 3.04. The third-order valence-corrected chi connectivity index (χ3v) is 3.04. The van der Waals surface area contributed by atoms with E-state index < -0.39 is 11.8 Å². The Kier molecular flexibility index (Phi) is 10.2. The summed E-state index contributed by atoms with van der Waals surface area (Å²) in [6.07, 6.45) is 1.76. The van der Waals surface area contributed by atoms with Crippen molar-refractivity contribution in [3.63, 3.8) is 0 Å². The topological polar surface area (TPSA) is 61.4 Å². The maximum absolute atomic E-state index is 11.5. The van der Waals surface area contributed by atoms with Crippen molar-refractivity contribution in [3.8, 4) is 0 Å². The summed E-state index contributed by atoms with van der Waals surface area (Å²) >= 11 is 0. The predicted octanol–water partition coefficient (Wildman–Crippen LogP) is 0.997. The fourth-order valence-electron chi connectivity index (χ4n) is 1.68. The molecule has 5 heteroatoms. The van der Waals surface area contributed by atoms with E-state index in [4.69, 9.17) is 0 Å². The van der Waals surface area contributed by atoms with Crippen LogP contribution in [0, 0.1) is 5.92 Å². The molecule has 0 unspecified atom stereocenters. The maximum Gasteiger partial charge on any atom is 0.309 e. The van der Waals surface area contributed by atoms with Crippen LogP contribution in [0.15, 0.2) is 0 Å². The summed E-state index contributed by atoms with van der Waals surface area (Å²) in [4.78, 5) is 25.2. The lowest BCUT2D eigenvalue weighted by atomic mass is 10.1. The minimum absolute atomic E-state index is 0.525. The van der Waals surface area contributed by atoms with E-state index in [2.05, 4.69) is 43.2 Å². The van der Waals surface area contributed by atoms with Crippen molar-refractivity contribution in [1.82, 2.24) is 15.5 Å². The van der Waals surface area contributed by atoms with Crippen molar-refractivity contribution in [2.75, 3.05) is 32.7 Å². The van der Waals surface area contributed by atoms with Gasteiger partial charge in [0.05, 0.1) is 0 Å². The first-order valence-corrected chi connectivity index (χ1v) is 7.29. The molecular formula is C14H29N3O2. The molecule has 0 aliphatic rings. The molecule has 2 N–H and O–H groups in total. The highest BCUT2D eigenvalue weighted by atomic mass is 16.2. The Balaban J connectivity index is 3.65. The van der Waals surface area contributed by atoms with Crippen LogP contribution < -0.4 is 10.6 Å². The molecular weight excluding hydrogens is 242 g/mol. The fraction of sp³-hybridized carbons (Fsp3) is 0.857. The standard InChI is InChI=1S/C14H29N3O2/c1-5-17(6-2)11-7-9-15-13(18)14(19)16-10-8-12(3)4/h12H,5-11H2,1-4H3,(H,15,18)(H,16,19). The zero-order valence-corrected chi connectivity index (χ0v) is 12.8. The summed E-state index contributed by atoms with van der Waals surface area (Å²) in [7, 11) is 0. The summed E-state index contributed by atoms with van der Waals surface area (Å²) in [6.45, 7) is 12.5. The van der Waals surface area contributed by atoms with Crippen LogP contribution in [-0.2, 0) is 9.59 Å². The molecule has 0 bridgehead atoms. The Hall–Kier alpha value is -1.10. The van der Waals surface area contributed by atoms with Crippen LogP contribution in [0.5, 0.6) is 0 Å². The van der Waals surface area contributed by atoms with Crippen molar-refractivity contribution in [3.05, 3.63) is 0 Å². The van der Waals surface area contributed by atoms with E-state index in [1.54, 1.807) is 0 Å². The lowest BCUT2D eigenvalue weighted by molar-refractivity contribution is -0.139. The van der Waals surface area contributed by atoms with Crippen molar-refractivity contribution in [1.29, 1.82) is 0 Å². The molecule has 0 aromatic heterocycles. The molecule has 0 heterocycles. The van der Waals surface area contributed by atoms with E-state index in [-0.39, 0.29) is 0 Å². The lowest BCUT2D eigenvalue weighted by Crippen LogP contribution is -2.41. The van der Waals surface area contributed by atoms with Crippen molar-refractivity contribution in [2.24, 2.45) is 5.92 Å². The number of amides is 2. The number of rotatable bonds is 9. The van der Waals surface area contributed by atoms with Gasteiger partial charge in [-0.15, -0.1) is 0 Å². The first-order valence-electron chi connectivity index (χ1n) is 7.29. The number of hydrogen-bond acceptors (Lipinski definition) is 3. The molecule has 0 saturated carbocycles. The smallest absolute Gasteiger partial charge is 0.309 e. The Bertz CT molecular complexity index is 263. The largest absolute Gasteiger partial charge is 0.348 e. The molecule has 0 spiro atoms. The van der Waals surface area contributed by atoms with Gasteiger partial charge in [0.25, 0.3) is 0 Å². The van der Waals surface area contributed by atoms with Gasteiger partial charge in [-0.25, -0.2) is 0 Å². The molecule has 5 nitrogen and oxygen atoms in total. The summed E-state index contributed by atoms with van der Waals surface area (Å²) in [5, 5.41) is 5.27. The molecule has 0 saturated heterocycles. The highest BCUT2D eigenvalue weighted by Gasteiger charge is 2.12. The lowest BCUT2D eigenvalue weighted by Gasteiger charge is -2.17. The van der Waals surface area contributed by atoms with Crippen LogP contribution >= 0.6 is 0 Å². The van der Waals surface area contributed by atoms with Crippen LogP contribution in [0.3, 0.4) is 0 Å². The van der Waals surface area contributed by atoms with Gasteiger partial charge in [0.1, 0.15) is 0 Å². The zero-order chi connectivity index (χ0) is 14.7. The fourth-order valence-corrected chi connectivity index (χ4v) is 1.68. The van der Waals surface area contributed by atoms with Crippen molar-refractivity contribution in [2.45, 2.75) is 40.5 Å². The van der Waals surface area contributed by atoms with Crippen molar-refractivity contribution >= 4 is 11.8 Å². The molecule has 2 amide bonds. The molecule has 112 valence electrons. The molecule has 0 radical (unpaired) electrons. The van der Waals surface area contributed by atoms with E-state index in [1.807, 2.05) is 0 Å². The van der Waals surface area contributed by atoms with Gasteiger partial charge in [-0.1, -0.05) is 27.7 Å². The Morgan fingerprint density at radius 1 is 1.00 bits per heavy atom. The zero-order valence-electron chi connectivity index (χ0n) is 12.8. The predicted molar refractivity (Wildman–Crippen MR) is 77.9 cm³/mol. The van der Waals surface area contributed by atoms with Crippen LogP contribution in [0.2, 0.25) is 0 Å². The van der Waals surface area contributed by atoms with Crippen molar-refractivity contribution < 1.29 is 9.59 Å². The second-order valence-corrected chi connectivity index (χ2v) is 5.07. The van der Waals surface area contributed by atoms with Gasteiger partial charge in [0.2, 0.25) is 0 Å². The number of carbonyl (C=O) groups is 2. The highest BCUT2D eigenvalue weighted by molar-refractivity contribution is 6.35. The van der Waals surface area contributed by atoms with E-state index >= 15 is 0 Å². The van der Waals surface area contributed by atoms with E-state index in [1.165, 1.54) is 0 Å². The van der Waals surface area contributed by atoms with Gasteiger partial charge < -0.3 is 15.5 Å². The summed E-state index contributed by atoms with van der Waals surface area (Å²) in [5.41, 5.74) is 0. The summed E-state index contributed by atoms with van der Waals surface area (Å²) in [6, 6.07) is 0. The van der Waals surface area contributed by atoms with Crippen LogP contribution in [0.25, 0.3) is 0 Å². The van der Waals surface area contributed by atoms with Gasteiger partial charge in [-0.2, -0.15) is 0 Å². The second-order valence-electron chi connectivity index (χ2n) is 5.07. The minimum atomic E-state index is -0.525. The quantitative estimate of drug-likeness (QED) is 0.486. The molecule has 0 aromatic rings. The van der Waals surface area contributed by atoms with Gasteiger partial charge >= 0.3 is 11.8 Å². The molecule has 0 rings (SSSR count). The van der Waals surface area contributed by atoms with Crippen LogP contribution in [0.4, 0.5) is 0 Å². The first kappa shape index (κ1) is 17.9. The summed E-state index contributed by atoms with van der Waals surface area (Å²) < 4.78 is 0.